The second kappa shape index (κ2) is 9.22. The van der Waals surface area contributed by atoms with Gasteiger partial charge in [0.25, 0.3) is 0 Å². The van der Waals surface area contributed by atoms with Crippen molar-refractivity contribution in [2.45, 2.75) is 32.7 Å². The van der Waals surface area contributed by atoms with Gasteiger partial charge in [-0.15, -0.1) is 24.8 Å². The Morgan fingerprint density at radius 2 is 1.96 bits per heavy atom. The van der Waals surface area contributed by atoms with Gasteiger partial charge in [-0.2, -0.15) is 0 Å². The zero-order chi connectivity index (χ0) is 16.5. The summed E-state index contributed by atoms with van der Waals surface area (Å²) in [6, 6.07) is 0.137. The van der Waals surface area contributed by atoms with Crippen LogP contribution in [0.5, 0.6) is 0 Å². The van der Waals surface area contributed by atoms with E-state index >= 15 is 0 Å². The number of piperidine rings is 1. The van der Waals surface area contributed by atoms with Crippen LogP contribution in [0, 0.1) is 11.3 Å². The highest BCUT2D eigenvalue weighted by atomic mass is 35.5. The van der Waals surface area contributed by atoms with Crippen molar-refractivity contribution in [1.29, 1.82) is 0 Å². The fraction of sp³-hybridized carbons (Fsp3) is 0.875. The number of nitrogens with two attached hydrogens (primary N) is 1. The predicted molar refractivity (Wildman–Crippen MR) is 101 cm³/mol. The van der Waals surface area contributed by atoms with Gasteiger partial charge in [0, 0.05) is 45.2 Å². The molecule has 0 aromatic carbocycles. The third-order valence-corrected chi connectivity index (χ3v) is 5.00. The highest BCUT2D eigenvalue weighted by Crippen LogP contribution is 2.30. The summed E-state index contributed by atoms with van der Waals surface area (Å²) in [5.74, 6) is 0.0497. The number of hydrogen-bond donors (Lipinski definition) is 1. The summed E-state index contributed by atoms with van der Waals surface area (Å²) in [5, 5.41) is 0. The third kappa shape index (κ3) is 5.48. The first-order valence-corrected chi connectivity index (χ1v) is 8.17. The van der Waals surface area contributed by atoms with E-state index < -0.39 is 0 Å². The number of likely N-dealkylation sites (N-methyl/N-ethyl adjacent to an activating group) is 1. The number of hydrogen-bond acceptors (Lipinski definition) is 4. The minimum atomic E-state index is -0.181. The van der Waals surface area contributed by atoms with E-state index in [2.05, 4.69) is 18.7 Å². The van der Waals surface area contributed by atoms with Crippen LogP contribution < -0.4 is 5.73 Å². The number of rotatable bonds is 4. The van der Waals surface area contributed by atoms with Gasteiger partial charge in [0.2, 0.25) is 11.8 Å². The van der Waals surface area contributed by atoms with Crippen LogP contribution in [0.15, 0.2) is 0 Å². The van der Waals surface area contributed by atoms with Crippen molar-refractivity contribution >= 4 is 36.6 Å². The minimum Gasteiger partial charge on any atom is -0.342 e. The lowest BCUT2D eigenvalue weighted by Gasteiger charge is -2.43. The van der Waals surface area contributed by atoms with Crippen molar-refractivity contribution < 1.29 is 9.59 Å². The number of halogens is 2. The molecule has 2 rings (SSSR count). The van der Waals surface area contributed by atoms with Gasteiger partial charge in [-0.05, 0) is 25.9 Å². The van der Waals surface area contributed by atoms with Gasteiger partial charge in [0.05, 0.1) is 5.92 Å². The van der Waals surface area contributed by atoms with Gasteiger partial charge < -0.3 is 20.4 Å². The molecular weight excluding hydrogens is 351 g/mol. The summed E-state index contributed by atoms with van der Waals surface area (Å²) in [4.78, 5) is 30.6. The van der Waals surface area contributed by atoms with Crippen LogP contribution >= 0.6 is 24.8 Å². The van der Waals surface area contributed by atoms with Gasteiger partial charge >= 0.3 is 0 Å². The predicted octanol–water partition coefficient (Wildman–Crippen LogP) is 0.826. The van der Waals surface area contributed by atoms with Crippen molar-refractivity contribution in [3.63, 3.8) is 0 Å². The molecule has 142 valence electrons. The molecule has 2 saturated heterocycles. The van der Waals surface area contributed by atoms with E-state index in [1.165, 1.54) is 0 Å². The maximum absolute atomic E-state index is 12.7. The van der Waals surface area contributed by atoms with E-state index in [0.717, 1.165) is 13.0 Å². The molecule has 2 atom stereocenters. The summed E-state index contributed by atoms with van der Waals surface area (Å²) >= 11 is 0. The molecule has 0 saturated carbocycles. The van der Waals surface area contributed by atoms with E-state index in [9.17, 15) is 9.59 Å². The molecular formula is C16H32Cl2N4O2. The zero-order valence-corrected chi connectivity index (χ0v) is 16.8. The summed E-state index contributed by atoms with van der Waals surface area (Å²) in [7, 11) is 3.98. The third-order valence-electron chi connectivity index (χ3n) is 5.00. The number of carbonyl (C=O) groups excluding carboxylic acids is 2. The van der Waals surface area contributed by atoms with Crippen molar-refractivity contribution in [2.24, 2.45) is 17.1 Å². The second-order valence-electron chi connectivity index (χ2n) is 7.69. The molecule has 8 heteroatoms. The first-order valence-electron chi connectivity index (χ1n) is 8.17. The SMILES string of the molecule is CN(C)CCN1CC(C(=O)N2CCC(N)C(C)(C)C2)CC1=O.Cl.Cl. The molecule has 0 spiro atoms. The van der Waals surface area contributed by atoms with Crippen molar-refractivity contribution in [3.8, 4) is 0 Å². The van der Waals surface area contributed by atoms with Gasteiger partial charge in [0.15, 0.2) is 0 Å². The number of likely N-dealkylation sites (tertiary alicyclic amines) is 2. The van der Waals surface area contributed by atoms with Crippen LogP contribution in [0.25, 0.3) is 0 Å². The number of nitrogens with zero attached hydrogens (tertiary/aromatic N) is 3. The van der Waals surface area contributed by atoms with E-state index in [4.69, 9.17) is 5.73 Å². The molecule has 24 heavy (non-hydrogen) atoms. The maximum atomic E-state index is 12.7. The maximum Gasteiger partial charge on any atom is 0.228 e. The standard InChI is InChI=1S/C16H30N4O2.2ClH/c1-16(2)11-20(6-5-13(16)17)15(22)12-9-14(21)19(10-12)8-7-18(3)4;;/h12-13H,5-11,17H2,1-4H3;2*1H. The van der Waals surface area contributed by atoms with Crippen molar-refractivity contribution in [3.05, 3.63) is 0 Å². The first kappa shape index (κ1) is 23.4. The fourth-order valence-electron chi connectivity index (χ4n) is 3.29. The average Bonchev–Trinajstić information content (AvgIpc) is 2.80. The Morgan fingerprint density at radius 3 is 2.50 bits per heavy atom. The first-order chi connectivity index (χ1) is 10.2. The normalized spacial score (nSPS) is 26.2. The Bertz CT molecular complexity index is 446. The molecule has 2 amide bonds. The lowest BCUT2D eigenvalue weighted by Crippen LogP contribution is -2.55. The van der Waals surface area contributed by atoms with Crippen LogP contribution in [0.3, 0.4) is 0 Å². The Balaban J connectivity index is 0.00000264. The number of carbonyl (C=O) groups is 2. The summed E-state index contributed by atoms with van der Waals surface area (Å²) < 4.78 is 0. The quantitative estimate of drug-likeness (QED) is 0.781. The van der Waals surface area contributed by atoms with E-state index in [1.54, 1.807) is 0 Å². The monoisotopic (exact) mass is 382 g/mol. The molecule has 0 bridgehead atoms. The Morgan fingerprint density at radius 1 is 1.33 bits per heavy atom. The zero-order valence-electron chi connectivity index (χ0n) is 15.2. The lowest BCUT2D eigenvalue weighted by atomic mass is 9.79. The molecule has 0 aromatic heterocycles. The Hall–Kier alpha value is -0.560. The average molecular weight is 383 g/mol. The van der Waals surface area contributed by atoms with Crippen molar-refractivity contribution in [1.82, 2.24) is 14.7 Å². The van der Waals surface area contributed by atoms with E-state index in [1.807, 2.05) is 23.9 Å². The molecule has 2 heterocycles. The lowest BCUT2D eigenvalue weighted by molar-refractivity contribution is -0.139. The Kier molecular flexibility index (Phi) is 9.01. The molecule has 2 fully saturated rings. The largest absolute Gasteiger partial charge is 0.342 e. The molecule has 0 radical (unpaired) electrons. The molecule has 6 nitrogen and oxygen atoms in total. The highest BCUT2D eigenvalue weighted by Gasteiger charge is 2.40. The second-order valence-corrected chi connectivity index (χ2v) is 7.69. The van der Waals surface area contributed by atoms with E-state index in [0.29, 0.717) is 32.6 Å². The Labute approximate surface area is 157 Å². The molecule has 2 unspecified atom stereocenters. The number of amides is 2. The van der Waals surface area contributed by atoms with Gasteiger partial charge in [-0.1, -0.05) is 13.8 Å². The summed E-state index contributed by atoms with van der Waals surface area (Å²) in [6.45, 7) is 7.72. The fourth-order valence-corrected chi connectivity index (χ4v) is 3.29. The van der Waals surface area contributed by atoms with Crippen LogP contribution in [0.1, 0.15) is 26.7 Å². The highest BCUT2D eigenvalue weighted by molar-refractivity contribution is 5.89. The van der Waals surface area contributed by atoms with E-state index in [-0.39, 0.29) is 54.0 Å². The minimum absolute atomic E-state index is 0. The topological polar surface area (TPSA) is 69.9 Å². The summed E-state index contributed by atoms with van der Waals surface area (Å²) in [6.07, 6.45) is 1.19. The van der Waals surface area contributed by atoms with Crippen molar-refractivity contribution in [2.75, 3.05) is 46.8 Å². The summed E-state index contributed by atoms with van der Waals surface area (Å²) in [5.41, 5.74) is 6.08. The molecule has 2 N–H and O–H groups in total. The molecule has 0 aromatic rings. The van der Waals surface area contributed by atoms with Gasteiger partial charge in [-0.3, -0.25) is 9.59 Å². The van der Waals surface area contributed by atoms with Gasteiger partial charge in [0.1, 0.15) is 0 Å². The van der Waals surface area contributed by atoms with Crippen LogP contribution in [-0.4, -0.2) is 79.4 Å². The molecule has 2 aliphatic heterocycles. The smallest absolute Gasteiger partial charge is 0.228 e. The van der Waals surface area contributed by atoms with Crippen LogP contribution in [0.4, 0.5) is 0 Å². The van der Waals surface area contributed by atoms with Gasteiger partial charge in [-0.25, -0.2) is 0 Å². The van der Waals surface area contributed by atoms with Crippen LogP contribution in [0.2, 0.25) is 0 Å². The molecule has 0 aliphatic carbocycles. The van der Waals surface area contributed by atoms with Crippen LogP contribution in [-0.2, 0) is 9.59 Å². The molecule has 2 aliphatic rings.